The van der Waals surface area contributed by atoms with Crippen molar-refractivity contribution in [3.05, 3.63) is 24.3 Å². The standard InChI is InChI=1S/C12H16F3NO4S/c1-2-9(8-21(16,17)18)7-19-10-3-5-11(6-4-10)20-12(13,14)15/h3-6,9H,2,7-8H2,1H3,(H2,16,17,18). The van der Waals surface area contributed by atoms with Gasteiger partial charge < -0.3 is 9.47 Å². The molecular weight excluding hydrogens is 311 g/mol. The van der Waals surface area contributed by atoms with Crippen LogP contribution in [0.4, 0.5) is 13.2 Å². The molecule has 21 heavy (non-hydrogen) atoms. The number of alkyl halides is 3. The zero-order valence-electron chi connectivity index (χ0n) is 11.3. The van der Waals surface area contributed by atoms with Crippen molar-refractivity contribution in [3.63, 3.8) is 0 Å². The molecule has 1 rings (SSSR count). The molecule has 0 radical (unpaired) electrons. The summed E-state index contributed by atoms with van der Waals surface area (Å²) in [5.74, 6) is -0.534. The summed E-state index contributed by atoms with van der Waals surface area (Å²) >= 11 is 0. The lowest BCUT2D eigenvalue weighted by atomic mass is 10.1. The molecule has 2 N–H and O–H groups in total. The zero-order valence-corrected chi connectivity index (χ0v) is 12.1. The van der Waals surface area contributed by atoms with Gasteiger partial charge in [-0.15, -0.1) is 13.2 Å². The highest BCUT2D eigenvalue weighted by molar-refractivity contribution is 7.89. The molecule has 0 aliphatic heterocycles. The summed E-state index contributed by atoms with van der Waals surface area (Å²) in [5.41, 5.74) is 0. The van der Waals surface area contributed by atoms with Gasteiger partial charge in [0.1, 0.15) is 11.5 Å². The molecule has 0 saturated heterocycles. The van der Waals surface area contributed by atoms with Gasteiger partial charge in [-0.05, 0) is 30.7 Å². The maximum Gasteiger partial charge on any atom is 0.573 e. The molecule has 0 aliphatic rings. The Balaban J connectivity index is 2.55. The minimum Gasteiger partial charge on any atom is -0.493 e. The van der Waals surface area contributed by atoms with E-state index < -0.39 is 16.4 Å². The second-order valence-electron chi connectivity index (χ2n) is 4.43. The molecule has 1 aromatic rings. The third kappa shape index (κ3) is 7.76. The molecule has 0 bridgehead atoms. The maximum atomic E-state index is 12.0. The number of halogens is 3. The number of hydrogen-bond acceptors (Lipinski definition) is 4. The van der Waals surface area contributed by atoms with Gasteiger partial charge in [-0.25, -0.2) is 13.6 Å². The van der Waals surface area contributed by atoms with Gasteiger partial charge in [0, 0.05) is 5.92 Å². The fourth-order valence-electron chi connectivity index (χ4n) is 1.56. The van der Waals surface area contributed by atoms with Crippen LogP contribution >= 0.6 is 0 Å². The number of sulfonamides is 1. The van der Waals surface area contributed by atoms with Crippen molar-refractivity contribution in [2.24, 2.45) is 11.1 Å². The van der Waals surface area contributed by atoms with Crippen LogP contribution in [-0.2, 0) is 10.0 Å². The summed E-state index contributed by atoms with van der Waals surface area (Å²) in [6.45, 7) is 1.89. The average Bonchev–Trinajstić information content (AvgIpc) is 2.33. The summed E-state index contributed by atoms with van der Waals surface area (Å²) in [6, 6.07) is 4.85. The Kier molecular flexibility index (Phi) is 5.85. The quantitative estimate of drug-likeness (QED) is 0.833. The normalized spacial score (nSPS) is 13.8. The molecule has 1 aromatic carbocycles. The van der Waals surface area contributed by atoms with Crippen LogP contribution in [-0.4, -0.2) is 27.1 Å². The number of ether oxygens (including phenoxy) is 2. The Labute approximate surface area is 120 Å². The first kappa shape index (κ1) is 17.6. The second kappa shape index (κ2) is 6.99. The molecule has 5 nitrogen and oxygen atoms in total. The Morgan fingerprint density at radius 1 is 1.19 bits per heavy atom. The van der Waals surface area contributed by atoms with E-state index in [0.717, 1.165) is 12.1 Å². The van der Waals surface area contributed by atoms with Gasteiger partial charge >= 0.3 is 6.36 Å². The first-order chi connectivity index (χ1) is 9.59. The third-order valence-electron chi connectivity index (χ3n) is 2.59. The van der Waals surface area contributed by atoms with Crippen molar-refractivity contribution in [1.29, 1.82) is 0 Å². The van der Waals surface area contributed by atoms with E-state index in [1.54, 1.807) is 6.92 Å². The van der Waals surface area contributed by atoms with E-state index in [2.05, 4.69) is 4.74 Å². The number of rotatable bonds is 7. The third-order valence-corrected chi connectivity index (χ3v) is 3.52. The fraction of sp³-hybridized carbons (Fsp3) is 0.500. The topological polar surface area (TPSA) is 78.6 Å². The molecule has 0 heterocycles. The van der Waals surface area contributed by atoms with Gasteiger partial charge in [0.2, 0.25) is 10.0 Å². The highest BCUT2D eigenvalue weighted by Gasteiger charge is 2.30. The zero-order chi connectivity index (χ0) is 16.1. The van der Waals surface area contributed by atoms with E-state index >= 15 is 0 Å². The lowest BCUT2D eigenvalue weighted by Gasteiger charge is -2.15. The smallest absolute Gasteiger partial charge is 0.493 e. The van der Waals surface area contributed by atoms with Crippen molar-refractivity contribution < 1.29 is 31.1 Å². The number of primary sulfonamides is 1. The lowest BCUT2D eigenvalue weighted by Crippen LogP contribution is -2.26. The van der Waals surface area contributed by atoms with Gasteiger partial charge in [0.05, 0.1) is 12.4 Å². The monoisotopic (exact) mass is 327 g/mol. The maximum absolute atomic E-state index is 12.0. The Morgan fingerprint density at radius 2 is 1.71 bits per heavy atom. The van der Waals surface area contributed by atoms with Crippen molar-refractivity contribution >= 4 is 10.0 Å². The van der Waals surface area contributed by atoms with Crippen LogP contribution in [0, 0.1) is 5.92 Å². The van der Waals surface area contributed by atoms with E-state index in [-0.39, 0.29) is 24.0 Å². The van der Waals surface area contributed by atoms with Crippen molar-refractivity contribution in [2.45, 2.75) is 19.7 Å². The molecule has 0 amide bonds. The van der Waals surface area contributed by atoms with Crippen molar-refractivity contribution in [1.82, 2.24) is 0 Å². The summed E-state index contributed by atoms with van der Waals surface area (Å²) in [5, 5.41) is 4.95. The van der Waals surface area contributed by atoms with Crippen LogP contribution in [0.25, 0.3) is 0 Å². The van der Waals surface area contributed by atoms with E-state index in [1.165, 1.54) is 12.1 Å². The SMILES string of the molecule is CCC(COc1ccc(OC(F)(F)F)cc1)CS(N)(=O)=O. The molecule has 1 unspecified atom stereocenters. The van der Waals surface area contributed by atoms with Crippen LogP contribution in [0.3, 0.4) is 0 Å². The second-order valence-corrected chi connectivity index (χ2v) is 6.09. The predicted molar refractivity (Wildman–Crippen MR) is 70.4 cm³/mol. The van der Waals surface area contributed by atoms with Crippen LogP contribution in [0.2, 0.25) is 0 Å². The molecular formula is C12H16F3NO4S. The number of nitrogens with two attached hydrogens (primary N) is 1. The first-order valence-corrected chi connectivity index (χ1v) is 7.79. The van der Waals surface area contributed by atoms with E-state index in [4.69, 9.17) is 9.88 Å². The minimum atomic E-state index is -4.74. The largest absolute Gasteiger partial charge is 0.573 e. The Morgan fingerprint density at radius 3 is 2.14 bits per heavy atom. The summed E-state index contributed by atoms with van der Waals surface area (Å²) in [7, 11) is -3.59. The van der Waals surface area contributed by atoms with Gasteiger partial charge in [0.15, 0.2) is 0 Å². The molecule has 0 aliphatic carbocycles. The minimum absolute atomic E-state index is 0.104. The lowest BCUT2D eigenvalue weighted by molar-refractivity contribution is -0.274. The average molecular weight is 327 g/mol. The van der Waals surface area contributed by atoms with Gasteiger partial charge in [-0.1, -0.05) is 6.92 Å². The highest BCUT2D eigenvalue weighted by Crippen LogP contribution is 2.25. The van der Waals surface area contributed by atoms with Gasteiger partial charge in [0.25, 0.3) is 0 Å². The first-order valence-electron chi connectivity index (χ1n) is 6.08. The van der Waals surface area contributed by atoms with Crippen LogP contribution in [0.15, 0.2) is 24.3 Å². The van der Waals surface area contributed by atoms with E-state index in [1.807, 2.05) is 0 Å². The van der Waals surface area contributed by atoms with E-state index in [9.17, 15) is 21.6 Å². The molecule has 120 valence electrons. The summed E-state index contributed by atoms with van der Waals surface area (Å²) in [4.78, 5) is 0. The van der Waals surface area contributed by atoms with E-state index in [0.29, 0.717) is 12.2 Å². The van der Waals surface area contributed by atoms with Gasteiger partial charge in [-0.3, -0.25) is 0 Å². The van der Waals surface area contributed by atoms with Crippen LogP contribution < -0.4 is 14.6 Å². The summed E-state index contributed by atoms with van der Waals surface area (Å²) < 4.78 is 67.0. The number of hydrogen-bond donors (Lipinski definition) is 1. The number of benzene rings is 1. The molecule has 1 atom stereocenters. The van der Waals surface area contributed by atoms with Gasteiger partial charge in [-0.2, -0.15) is 0 Å². The molecule has 0 saturated carbocycles. The fourth-order valence-corrected chi connectivity index (χ4v) is 2.55. The van der Waals surface area contributed by atoms with Crippen LogP contribution in [0.1, 0.15) is 13.3 Å². The molecule has 0 spiro atoms. The Hall–Kier alpha value is -1.48. The molecule has 0 fully saturated rings. The Bertz CT molecular complexity index is 543. The van der Waals surface area contributed by atoms with Crippen molar-refractivity contribution in [2.75, 3.05) is 12.4 Å². The van der Waals surface area contributed by atoms with Crippen LogP contribution in [0.5, 0.6) is 11.5 Å². The van der Waals surface area contributed by atoms with Crippen molar-refractivity contribution in [3.8, 4) is 11.5 Å². The molecule has 0 aromatic heterocycles. The molecule has 9 heteroatoms. The summed E-state index contributed by atoms with van der Waals surface area (Å²) in [6.07, 6.45) is -4.20. The highest BCUT2D eigenvalue weighted by atomic mass is 32.2. The predicted octanol–water partition coefficient (Wildman–Crippen LogP) is 2.28.